The zero-order valence-electron chi connectivity index (χ0n) is 12.6. The molecule has 1 aromatic heterocycles. The lowest BCUT2D eigenvalue weighted by atomic mass is 10.2. The van der Waals surface area contributed by atoms with E-state index in [4.69, 9.17) is 17.0 Å². The van der Waals surface area contributed by atoms with Gasteiger partial charge in [0, 0.05) is 0 Å². The van der Waals surface area contributed by atoms with E-state index in [0.717, 1.165) is 16.9 Å². The molecule has 0 spiro atoms. The summed E-state index contributed by atoms with van der Waals surface area (Å²) in [6, 6.07) is 17.8. The molecule has 0 fully saturated rings. The Balaban J connectivity index is 1.71. The molecule has 0 saturated carbocycles. The third-order valence-electron chi connectivity index (χ3n) is 3.24. The lowest BCUT2D eigenvalue weighted by Gasteiger charge is -2.06. The number of aromatic nitrogens is 3. The average Bonchev–Trinajstić information content (AvgIpc) is 2.91. The first kappa shape index (κ1) is 15.2. The summed E-state index contributed by atoms with van der Waals surface area (Å²) < 4.78 is 7.85. The number of H-pyrrole nitrogens is 1. The zero-order valence-corrected chi connectivity index (χ0v) is 13.5. The summed E-state index contributed by atoms with van der Waals surface area (Å²) in [4.78, 5) is 0. The molecule has 0 aliphatic rings. The van der Waals surface area contributed by atoms with Crippen LogP contribution in [-0.4, -0.2) is 21.1 Å². The monoisotopic (exact) mass is 324 g/mol. The van der Waals surface area contributed by atoms with E-state index >= 15 is 0 Å². The number of aryl methyl sites for hydroxylation is 1. The molecule has 0 bridgehead atoms. The van der Waals surface area contributed by atoms with Crippen molar-refractivity contribution in [3.63, 3.8) is 0 Å². The molecule has 0 unspecified atom stereocenters. The lowest BCUT2D eigenvalue weighted by molar-refractivity contribution is 0.306. The fraction of sp³-hybridized carbons (Fsp3) is 0.118. The van der Waals surface area contributed by atoms with Crippen LogP contribution in [0.3, 0.4) is 0 Å². The highest BCUT2D eigenvalue weighted by Gasteiger charge is 1.99. The smallest absolute Gasteiger partial charge is 0.216 e. The van der Waals surface area contributed by atoms with Gasteiger partial charge in [-0.05, 0) is 42.4 Å². The second-order valence-electron chi connectivity index (χ2n) is 4.98. The first-order valence-corrected chi connectivity index (χ1v) is 7.58. The fourth-order valence-corrected chi connectivity index (χ4v) is 2.28. The molecule has 0 radical (unpaired) electrons. The van der Waals surface area contributed by atoms with Crippen LogP contribution in [-0.2, 0) is 6.61 Å². The van der Waals surface area contributed by atoms with Crippen LogP contribution in [0, 0.1) is 11.7 Å². The first-order chi connectivity index (χ1) is 11.2. The van der Waals surface area contributed by atoms with Crippen LogP contribution in [0.4, 0.5) is 0 Å². The van der Waals surface area contributed by atoms with Crippen molar-refractivity contribution in [3.8, 4) is 5.75 Å². The number of aromatic amines is 1. The van der Waals surface area contributed by atoms with Crippen LogP contribution in [0.15, 0.2) is 59.7 Å². The molecule has 0 saturated heterocycles. The molecule has 2 aromatic carbocycles. The fourth-order valence-electron chi connectivity index (χ4n) is 2.06. The van der Waals surface area contributed by atoms with Crippen molar-refractivity contribution in [3.05, 3.63) is 76.3 Å². The molecular weight excluding hydrogens is 308 g/mol. The van der Waals surface area contributed by atoms with Crippen molar-refractivity contribution in [1.29, 1.82) is 0 Å². The van der Waals surface area contributed by atoms with E-state index in [0.29, 0.717) is 17.2 Å². The number of nitrogens with zero attached hydrogens (tertiary/aromatic N) is 3. The van der Waals surface area contributed by atoms with Crippen molar-refractivity contribution in [2.24, 2.45) is 5.10 Å². The molecular formula is C17H16N4OS. The van der Waals surface area contributed by atoms with Crippen molar-refractivity contribution in [2.75, 3.05) is 0 Å². The van der Waals surface area contributed by atoms with Gasteiger partial charge in [0.1, 0.15) is 18.2 Å². The van der Waals surface area contributed by atoms with Gasteiger partial charge in [-0.25, -0.2) is 0 Å². The molecule has 116 valence electrons. The minimum Gasteiger partial charge on any atom is -0.489 e. The van der Waals surface area contributed by atoms with Crippen LogP contribution in [0.1, 0.15) is 17.0 Å². The number of hydrogen-bond donors (Lipinski definition) is 1. The van der Waals surface area contributed by atoms with E-state index in [1.807, 2.05) is 61.5 Å². The topological polar surface area (TPSA) is 55.2 Å². The van der Waals surface area contributed by atoms with E-state index in [9.17, 15) is 0 Å². The molecule has 6 heteroatoms. The molecule has 5 nitrogen and oxygen atoms in total. The Kier molecular flexibility index (Phi) is 4.63. The molecule has 1 N–H and O–H groups in total. The maximum Gasteiger partial charge on any atom is 0.216 e. The van der Waals surface area contributed by atoms with Crippen molar-refractivity contribution < 1.29 is 4.74 Å². The summed E-state index contributed by atoms with van der Waals surface area (Å²) in [5.41, 5.74) is 2.06. The number of benzene rings is 2. The summed E-state index contributed by atoms with van der Waals surface area (Å²) in [5, 5.41) is 11.0. The number of rotatable bonds is 5. The van der Waals surface area contributed by atoms with Crippen molar-refractivity contribution >= 4 is 18.4 Å². The Labute approximate surface area is 139 Å². The van der Waals surface area contributed by atoms with Gasteiger partial charge in [0.25, 0.3) is 0 Å². The number of ether oxygens (including phenoxy) is 1. The van der Waals surface area contributed by atoms with E-state index in [1.54, 1.807) is 10.9 Å². The van der Waals surface area contributed by atoms with Crippen LogP contribution in [0.25, 0.3) is 0 Å². The molecule has 0 amide bonds. The SMILES string of the molecule is Cc1n[nH]c(=S)n1/N=C\c1cccc(OCc2ccccc2)c1. The molecule has 0 aliphatic carbocycles. The Bertz CT molecular complexity index is 868. The zero-order chi connectivity index (χ0) is 16.1. The molecule has 1 heterocycles. The molecule has 3 rings (SSSR count). The van der Waals surface area contributed by atoms with E-state index < -0.39 is 0 Å². The normalized spacial score (nSPS) is 11.0. The van der Waals surface area contributed by atoms with Gasteiger partial charge in [0.2, 0.25) is 4.77 Å². The third kappa shape index (κ3) is 3.92. The van der Waals surface area contributed by atoms with Crippen LogP contribution in [0.5, 0.6) is 5.75 Å². The van der Waals surface area contributed by atoms with E-state index in [2.05, 4.69) is 15.3 Å². The highest BCUT2D eigenvalue weighted by Crippen LogP contribution is 2.14. The predicted octanol–water partition coefficient (Wildman–Crippen LogP) is 3.71. The lowest BCUT2D eigenvalue weighted by Crippen LogP contribution is -1.96. The summed E-state index contributed by atoms with van der Waals surface area (Å²) in [6.45, 7) is 2.37. The van der Waals surface area contributed by atoms with Gasteiger partial charge in [-0.2, -0.15) is 14.9 Å². The summed E-state index contributed by atoms with van der Waals surface area (Å²) in [5.74, 6) is 1.51. The minimum absolute atomic E-state index is 0.468. The average molecular weight is 324 g/mol. The Hall–Kier alpha value is -2.73. The number of hydrogen-bond acceptors (Lipinski definition) is 4. The molecule has 23 heavy (non-hydrogen) atoms. The van der Waals surface area contributed by atoms with E-state index in [1.165, 1.54) is 0 Å². The second kappa shape index (κ2) is 7.02. The maximum absolute atomic E-state index is 5.81. The standard InChI is InChI=1S/C17H16N4OS/c1-13-19-20-17(23)21(13)18-11-15-8-5-9-16(10-15)22-12-14-6-3-2-4-7-14/h2-11H,12H2,1H3,(H,20,23)/b18-11-. The van der Waals surface area contributed by atoms with Crippen molar-refractivity contribution in [1.82, 2.24) is 14.9 Å². The summed E-state index contributed by atoms with van der Waals surface area (Å²) in [7, 11) is 0. The van der Waals surface area contributed by atoms with Gasteiger partial charge >= 0.3 is 0 Å². The third-order valence-corrected chi connectivity index (χ3v) is 3.51. The summed E-state index contributed by atoms with van der Waals surface area (Å²) >= 11 is 5.12. The van der Waals surface area contributed by atoms with Crippen molar-refractivity contribution in [2.45, 2.75) is 13.5 Å². The van der Waals surface area contributed by atoms with Gasteiger partial charge in [-0.3, -0.25) is 5.10 Å². The Morgan fingerprint density at radius 2 is 2.04 bits per heavy atom. The minimum atomic E-state index is 0.468. The van der Waals surface area contributed by atoms with Crippen LogP contribution >= 0.6 is 12.2 Å². The predicted molar refractivity (Wildman–Crippen MR) is 92.4 cm³/mol. The van der Waals surface area contributed by atoms with Gasteiger partial charge in [-0.1, -0.05) is 42.5 Å². The van der Waals surface area contributed by atoms with Crippen LogP contribution < -0.4 is 4.74 Å². The maximum atomic E-state index is 5.81. The van der Waals surface area contributed by atoms with Gasteiger partial charge in [-0.15, -0.1) is 0 Å². The summed E-state index contributed by atoms with van der Waals surface area (Å²) in [6.07, 6.45) is 1.73. The van der Waals surface area contributed by atoms with Crippen LogP contribution in [0.2, 0.25) is 0 Å². The Morgan fingerprint density at radius 3 is 2.78 bits per heavy atom. The number of nitrogens with one attached hydrogen (secondary N) is 1. The van der Waals surface area contributed by atoms with Gasteiger partial charge < -0.3 is 4.74 Å². The van der Waals surface area contributed by atoms with E-state index in [-0.39, 0.29) is 0 Å². The Morgan fingerprint density at radius 1 is 1.22 bits per heavy atom. The highest BCUT2D eigenvalue weighted by molar-refractivity contribution is 7.71. The quantitative estimate of drug-likeness (QED) is 0.575. The largest absolute Gasteiger partial charge is 0.489 e. The van der Waals surface area contributed by atoms with Gasteiger partial charge in [0.05, 0.1) is 6.21 Å². The molecule has 3 aromatic rings. The van der Waals surface area contributed by atoms with Gasteiger partial charge in [0.15, 0.2) is 0 Å². The molecule has 0 aliphatic heterocycles. The highest BCUT2D eigenvalue weighted by atomic mass is 32.1. The molecule has 0 atom stereocenters. The first-order valence-electron chi connectivity index (χ1n) is 7.17. The second-order valence-corrected chi connectivity index (χ2v) is 5.37.